The Kier molecular flexibility index (Phi) is 9.66. The Hall–Kier alpha value is -0.650. The largest absolute Gasteiger partial charge is 0.548 e. The maximum absolute atomic E-state index is 10.0. The van der Waals surface area contributed by atoms with Crippen LogP contribution in [0.15, 0.2) is 0 Å². The van der Waals surface area contributed by atoms with Crippen LogP contribution in [0.25, 0.3) is 0 Å². The minimum Gasteiger partial charge on any atom is -0.548 e. The Balaban J connectivity index is 0. The summed E-state index contributed by atoms with van der Waals surface area (Å²) in [6.07, 6.45) is 2.03. The highest BCUT2D eigenvalue weighted by atomic mass is 16.4. The number of unbranched alkanes of at least 4 members (excludes halogenated alkanes) is 1. The van der Waals surface area contributed by atoms with Crippen LogP contribution < -0.4 is 16.6 Å². The fraction of sp³-hybridized carbons (Fsp3) is 0.900. The zero-order chi connectivity index (χ0) is 12.5. The molecule has 0 bridgehead atoms. The van der Waals surface area contributed by atoms with Crippen molar-refractivity contribution in [2.75, 3.05) is 34.7 Å². The average molecular weight is 219 g/mol. The Morgan fingerprint density at radius 3 is 1.93 bits per heavy atom. The number of hydrogen-bond acceptors (Lipinski definition) is 4. The van der Waals surface area contributed by atoms with E-state index in [0.717, 1.165) is 17.3 Å². The van der Waals surface area contributed by atoms with E-state index in [0.29, 0.717) is 13.0 Å². The number of carboxylic acid groups (broad SMARTS) is 1. The molecule has 0 aliphatic carbocycles. The zero-order valence-corrected chi connectivity index (χ0v) is 10.3. The summed E-state index contributed by atoms with van der Waals surface area (Å²) in [7, 11) is 8.50. The van der Waals surface area contributed by atoms with Gasteiger partial charge >= 0.3 is 0 Å². The van der Waals surface area contributed by atoms with Crippen LogP contribution in [0.5, 0.6) is 0 Å². The van der Waals surface area contributed by atoms with Gasteiger partial charge in [-0.2, -0.15) is 0 Å². The standard InChI is InChI=1S/C6H14N2O2.C4H12N/c7-4-2-1-3-5(8)6(9)10;1-5(2,3)4/h5H,1-4,7-8H2,(H,9,10);1-4H3/q;+1/p-1/t5-;/m0./s1. The molecule has 0 aliphatic rings. The van der Waals surface area contributed by atoms with Gasteiger partial charge in [-0.25, -0.2) is 0 Å². The van der Waals surface area contributed by atoms with E-state index in [-0.39, 0.29) is 0 Å². The maximum Gasteiger partial charge on any atom is 0.0675 e. The van der Waals surface area contributed by atoms with Crippen LogP contribution >= 0.6 is 0 Å². The van der Waals surface area contributed by atoms with Crippen molar-refractivity contribution in [3.63, 3.8) is 0 Å². The number of rotatable bonds is 5. The highest BCUT2D eigenvalue weighted by Crippen LogP contribution is 1.95. The quantitative estimate of drug-likeness (QED) is 0.435. The van der Waals surface area contributed by atoms with Crippen LogP contribution in [-0.2, 0) is 4.79 Å². The number of hydrogen-bond donors (Lipinski definition) is 2. The van der Waals surface area contributed by atoms with Crippen molar-refractivity contribution < 1.29 is 14.4 Å². The van der Waals surface area contributed by atoms with E-state index >= 15 is 0 Å². The molecule has 1 atom stereocenters. The molecule has 0 amide bonds. The van der Waals surface area contributed by atoms with Crippen LogP contribution in [0.3, 0.4) is 0 Å². The third kappa shape index (κ3) is 24.7. The molecule has 5 nitrogen and oxygen atoms in total. The minimum absolute atomic E-state index is 0.458. The summed E-state index contributed by atoms with van der Waals surface area (Å²) in [6.45, 7) is 0.583. The summed E-state index contributed by atoms with van der Waals surface area (Å²) >= 11 is 0. The van der Waals surface area contributed by atoms with Crippen molar-refractivity contribution >= 4 is 5.97 Å². The lowest BCUT2D eigenvalue weighted by Gasteiger charge is -2.14. The molecular formula is C10H25N3O2. The van der Waals surface area contributed by atoms with E-state index < -0.39 is 12.0 Å². The van der Waals surface area contributed by atoms with Crippen molar-refractivity contribution in [1.82, 2.24) is 0 Å². The van der Waals surface area contributed by atoms with Crippen molar-refractivity contribution in [2.45, 2.75) is 25.3 Å². The molecule has 0 unspecified atom stereocenters. The fourth-order valence-corrected chi connectivity index (χ4v) is 0.626. The van der Waals surface area contributed by atoms with Gasteiger partial charge in [0.2, 0.25) is 0 Å². The van der Waals surface area contributed by atoms with Gasteiger partial charge in [0, 0.05) is 6.04 Å². The highest BCUT2D eigenvalue weighted by molar-refractivity contribution is 5.70. The van der Waals surface area contributed by atoms with Crippen LogP contribution in [0.4, 0.5) is 0 Å². The summed E-state index contributed by atoms with van der Waals surface area (Å²) in [4.78, 5) is 10.0. The predicted octanol–water partition coefficient (Wildman–Crippen LogP) is -1.48. The molecule has 0 spiro atoms. The maximum atomic E-state index is 10.0. The van der Waals surface area contributed by atoms with Gasteiger partial charge in [-0.1, -0.05) is 6.42 Å². The van der Waals surface area contributed by atoms with Crippen LogP contribution in [-0.4, -0.2) is 51.2 Å². The van der Waals surface area contributed by atoms with E-state index in [9.17, 15) is 9.90 Å². The number of quaternary nitrogens is 1. The molecule has 0 aliphatic heterocycles. The first-order valence-electron chi connectivity index (χ1n) is 5.14. The lowest BCUT2D eigenvalue weighted by Crippen LogP contribution is -2.41. The molecule has 92 valence electrons. The van der Waals surface area contributed by atoms with Crippen LogP contribution in [0, 0.1) is 0 Å². The molecule has 0 radical (unpaired) electrons. The number of carbonyl (C=O) groups excluding carboxylic acids is 1. The number of aliphatic carboxylic acids is 1. The summed E-state index contributed by atoms with van der Waals surface area (Å²) in [5, 5.41) is 10.0. The van der Waals surface area contributed by atoms with Crippen LogP contribution in [0.2, 0.25) is 0 Å². The molecule has 0 aromatic heterocycles. The van der Waals surface area contributed by atoms with E-state index in [4.69, 9.17) is 11.5 Å². The van der Waals surface area contributed by atoms with Gasteiger partial charge in [0.05, 0.1) is 34.2 Å². The Morgan fingerprint density at radius 2 is 1.67 bits per heavy atom. The molecule has 5 heteroatoms. The Labute approximate surface area is 92.6 Å². The van der Waals surface area contributed by atoms with E-state index in [1.54, 1.807) is 0 Å². The first-order chi connectivity index (χ1) is 6.68. The van der Waals surface area contributed by atoms with Gasteiger partial charge in [0.1, 0.15) is 0 Å². The summed E-state index contributed by atoms with van der Waals surface area (Å²) < 4.78 is 1.00. The Morgan fingerprint density at radius 1 is 1.27 bits per heavy atom. The Bertz CT molecular complexity index is 161. The lowest BCUT2D eigenvalue weighted by atomic mass is 10.1. The van der Waals surface area contributed by atoms with Crippen LogP contribution in [0.1, 0.15) is 19.3 Å². The summed E-state index contributed by atoms with van der Waals surface area (Å²) in [6, 6.07) is -0.827. The van der Waals surface area contributed by atoms with E-state index in [1.807, 2.05) is 0 Å². The lowest BCUT2D eigenvalue weighted by molar-refractivity contribution is -0.849. The number of nitrogens with two attached hydrogens (primary N) is 2. The normalized spacial score (nSPS) is 12.7. The molecule has 0 aromatic carbocycles. The third-order valence-corrected chi connectivity index (χ3v) is 1.27. The molecule has 0 saturated carbocycles. The van der Waals surface area contributed by atoms with Crippen molar-refractivity contribution in [1.29, 1.82) is 0 Å². The average Bonchev–Trinajstić information content (AvgIpc) is 2.01. The number of carboxylic acids is 1. The van der Waals surface area contributed by atoms with Gasteiger partial charge in [-0.3, -0.25) is 0 Å². The van der Waals surface area contributed by atoms with Gasteiger partial charge in [0.25, 0.3) is 0 Å². The topological polar surface area (TPSA) is 92.2 Å². The van der Waals surface area contributed by atoms with Gasteiger partial charge in [-0.05, 0) is 19.4 Å². The molecule has 4 N–H and O–H groups in total. The molecule has 0 aromatic rings. The van der Waals surface area contributed by atoms with E-state index in [2.05, 4.69) is 28.2 Å². The summed E-state index contributed by atoms with van der Waals surface area (Å²) in [5.41, 5.74) is 10.3. The van der Waals surface area contributed by atoms with Crippen molar-refractivity contribution in [3.8, 4) is 0 Å². The molecule has 0 saturated heterocycles. The van der Waals surface area contributed by atoms with E-state index in [1.165, 1.54) is 0 Å². The molecule has 0 rings (SSSR count). The van der Waals surface area contributed by atoms with Gasteiger partial charge in [-0.15, -0.1) is 0 Å². The minimum atomic E-state index is -1.18. The van der Waals surface area contributed by atoms with Crippen molar-refractivity contribution in [3.05, 3.63) is 0 Å². The molecule has 0 heterocycles. The van der Waals surface area contributed by atoms with Gasteiger partial charge in [0.15, 0.2) is 0 Å². The zero-order valence-electron chi connectivity index (χ0n) is 10.3. The molecule has 15 heavy (non-hydrogen) atoms. The third-order valence-electron chi connectivity index (χ3n) is 1.27. The first kappa shape index (κ1) is 16.8. The SMILES string of the molecule is C[N+](C)(C)C.NCCCC[C@H](N)C(=O)[O-]. The highest BCUT2D eigenvalue weighted by Gasteiger charge is 2.00. The number of nitrogens with zero attached hydrogens (tertiary/aromatic N) is 1. The predicted molar refractivity (Wildman–Crippen MR) is 59.8 cm³/mol. The summed E-state index contributed by atoms with van der Waals surface area (Å²) in [5.74, 6) is -1.18. The van der Waals surface area contributed by atoms with Crippen molar-refractivity contribution in [2.24, 2.45) is 11.5 Å². The van der Waals surface area contributed by atoms with Gasteiger partial charge < -0.3 is 25.9 Å². The fourth-order valence-electron chi connectivity index (χ4n) is 0.626. The second-order valence-electron chi connectivity index (χ2n) is 4.89. The molecule has 0 fully saturated rings. The smallest absolute Gasteiger partial charge is 0.0675 e. The first-order valence-corrected chi connectivity index (χ1v) is 5.14. The second kappa shape index (κ2) is 8.64. The monoisotopic (exact) mass is 219 g/mol. The second-order valence-corrected chi connectivity index (χ2v) is 4.89. The number of carbonyl (C=O) groups is 1. The molecular weight excluding hydrogens is 194 g/mol.